The quantitative estimate of drug-likeness (QED) is 0.398. The van der Waals surface area contributed by atoms with Gasteiger partial charge in [-0.05, 0) is 48.9 Å². The molecule has 0 spiro atoms. The molecule has 0 fully saturated rings. The molecule has 0 aliphatic carbocycles. The Labute approximate surface area is 160 Å². The second-order valence-electron chi connectivity index (χ2n) is 5.16. The van der Waals surface area contributed by atoms with Gasteiger partial charge in [-0.1, -0.05) is 11.6 Å². The minimum atomic E-state index is -0.975. The van der Waals surface area contributed by atoms with Crippen molar-refractivity contribution < 1.29 is 24.2 Å². The van der Waals surface area contributed by atoms with Gasteiger partial charge in [-0.25, -0.2) is 5.43 Å². The molecule has 0 saturated carbocycles. The highest BCUT2D eigenvalue weighted by molar-refractivity contribution is 6.40. The summed E-state index contributed by atoms with van der Waals surface area (Å²) in [4.78, 5) is 23.8. The Bertz CT molecular complexity index is 870. The number of benzene rings is 2. The van der Waals surface area contributed by atoms with E-state index in [9.17, 15) is 14.7 Å². The molecule has 0 aromatic heterocycles. The molecule has 0 heterocycles. The largest absolute Gasteiger partial charge is 0.504 e. The summed E-state index contributed by atoms with van der Waals surface area (Å²) in [6.45, 7) is 2.17. The van der Waals surface area contributed by atoms with Crippen molar-refractivity contribution in [2.75, 3.05) is 19.0 Å². The Kier molecular flexibility index (Phi) is 7.01. The van der Waals surface area contributed by atoms with Crippen molar-refractivity contribution in [1.82, 2.24) is 5.43 Å². The summed E-state index contributed by atoms with van der Waals surface area (Å²) in [5.41, 5.74) is 2.93. The van der Waals surface area contributed by atoms with Crippen LogP contribution >= 0.6 is 11.6 Å². The third-order valence-electron chi connectivity index (χ3n) is 3.28. The van der Waals surface area contributed by atoms with E-state index in [1.165, 1.54) is 25.5 Å². The van der Waals surface area contributed by atoms with E-state index in [0.717, 1.165) is 0 Å². The molecule has 2 amide bonds. The first-order chi connectivity index (χ1) is 12.9. The Balaban J connectivity index is 1.99. The Morgan fingerprint density at radius 2 is 1.96 bits per heavy atom. The number of phenolic OH excluding ortho intramolecular Hbond substituents is 1. The standard InChI is InChI=1S/C18H18ClN3O5/c1-3-27-16-8-11(4-6-14(16)23)10-20-22-18(25)17(24)21-13-9-12(19)5-7-15(13)26-2/h4-10,23H,3H2,1-2H3,(H,21,24)(H,22,25). The van der Waals surface area contributed by atoms with Crippen LogP contribution in [0.25, 0.3) is 0 Å². The first-order valence-electron chi connectivity index (χ1n) is 7.88. The number of rotatable bonds is 6. The summed E-state index contributed by atoms with van der Waals surface area (Å²) < 4.78 is 10.3. The minimum Gasteiger partial charge on any atom is -0.504 e. The van der Waals surface area contributed by atoms with Crippen molar-refractivity contribution in [2.24, 2.45) is 5.10 Å². The molecule has 9 heteroatoms. The molecule has 0 unspecified atom stereocenters. The van der Waals surface area contributed by atoms with Crippen LogP contribution in [0.5, 0.6) is 17.2 Å². The minimum absolute atomic E-state index is 0.00659. The first-order valence-corrected chi connectivity index (χ1v) is 8.26. The van der Waals surface area contributed by atoms with Crippen LogP contribution in [-0.4, -0.2) is 36.9 Å². The van der Waals surface area contributed by atoms with Crippen LogP contribution in [0.2, 0.25) is 5.02 Å². The predicted octanol–water partition coefficient (Wildman–Crippen LogP) is 2.54. The highest BCUT2D eigenvalue weighted by Crippen LogP contribution is 2.27. The Morgan fingerprint density at radius 3 is 2.67 bits per heavy atom. The van der Waals surface area contributed by atoms with Gasteiger partial charge < -0.3 is 19.9 Å². The molecule has 8 nitrogen and oxygen atoms in total. The molecular weight excluding hydrogens is 374 g/mol. The SMILES string of the molecule is CCOc1cc(C=NNC(=O)C(=O)Nc2cc(Cl)ccc2OC)ccc1O. The van der Waals surface area contributed by atoms with Crippen molar-refractivity contribution in [3.63, 3.8) is 0 Å². The summed E-state index contributed by atoms with van der Waals surface area (Å²) in [5.74, 6) is -1.27. The van der Waals surface area contributed by atoms with Gasteiger partial charge >= 0.3 is 11.8 Å². The normalized spacial score (nSPS) is 10.5. The number of nitrogens with zero attached hydrogens (tertiary/aromatic N) is 1. The maximum absolute atomic E-state index is 12.0. The average molecular weight is 392 g/mol. The van der Waals surface area contributed by atoms with Crippen molar-refractivity contribution in [3.05, 3.63) is 47.0 Å². The van der Waals surface area contributed by atoms with Crippen LogP contribution in [0.4, 0.5) is 5.69 Å². The molecule has 2 aromatic carbocycles. The summed E-state index contributed by atoms with van der Waals surface area (Å²) >= 11 is 5.88. The summed E-state index contributed by atoms with van der Waals surface area (Å²) in [5, 5.41) is 16.1. The van der Waals surface area contributed by atoms with E-state index in [4.69, 9.17) is 21.1 Å². The van der Waals surface area contributed by atoms with Gasteiger partial charge in [-0.3, -0.25) is 9.59 Å². The molecule has 0 saturated heterocycles. The number of anilines is 1. The second kappa shape index (κ2) is 9.44. The monoisotopic (exact) mass is 391 g/mol. The number of amides is 2. The lowest BCUT2D eigenvalue weighted by atomic mass is 10.2. The fourth-order valence-corrected chi connectivity index (χ4v) is 2.23. The van der Waals surface area contributed by atoms with Gasteiger partial charge in [-0.15, -0.1) is 0 Å². The summed E-state index contributed by atoms with van der Waals surface area (Å²) in [7, 11) is 1.43. The molecule has 142 valence electrons. The van der Waals surface area contributed by atoms with Crippen LogP contribution in [0.1, 0.15) is 12.5 Å². The predicted molar refractivity (Wildman–Crippen MR) is 102 cm³/mol. The molecule has 0 aliphatic rings. The van der Waals surface area contributed by atoms with Gasteiger partial charge in [0.1, 0.15) is 5.75 Å². The third-order valence-corrected chi connectivity index (χ3v) is 3.51. The van der Waals surface area contributed by atoms with Crippen LogP contribution < -0.4 is 20.2 Å². The highest BCUT2D eigenvalue weighted by atomic mass is 35.5. The summed E-state index contributed by atoms with van der Waals surface area (Å²) in [6.07, 6.45) is 1.31. The zero-order valence-corrected chi connectivity index (χ0v) is 15.4. The van der Waals surface area contributed by atoms with E-state index >= 15 is 0 Å². The fourth-order valence-electron chi connectivity index (χ4n) is 2.06. The lowest BCUT2D eigenvalue weighted by Gasteiger charge is -2.09. The summed E-state index contributed by atoms with van der Waals surface area (Å²) in [6, 6.07) is 9.17. The molecule has 27 heavy (non-hydrogen) atoms. The third kappa shape index (κ3) is 5.61. The second-order valence-corrected chi connectivity index (χ2v) is 5.59. The zero-order valence-electron chi connectivity index (χ0n) is 14.7. The number of phenols is 1. The average Bonchev–Trinajstić information content (AvgIpc) is 2.64. The van der Waals surface area contributed by atoms with Crippen LogP contribution in [0.15, 0.2) is 41.5 Å². The van der Waals surface area contributed by atoms with Gasteiger partial charge in [0.05, 0.1) is 25.6 Å². The van der Waals surface area contributed by atoms with Crippen molar-refractivity contribution in [1.29, 1.82) is 0 Å². The van der Waals surface area contributed by atoms with Crippen molar-refractivity contribution >= 4 is 35.3 Å². The van der Waals surface area contributed by atoms with E-state index in [1.54, 1.807) is 31.2 Å². The molecule has 0 radical (unpaired) electrons. The van der Waals surface area contributed by atoms with Gasteiger partial charge in [0.15, 0.2) is 11.5 Å². The van der Waals surface area contributed by atoms with Crippen LogP contribution in [-0.2, 0) is 9.59 Å². The highest BCUT2D eigenvalue weighted by Gasteiger charge is 2.15. The maximum Gasteiger partial charge on any atom is 0.329 e. The fraction of sp³-hybridized carbons (Fsp3) is 0.167. The number of hydrogen-bond donors (Lipinski definition) is 3. The van der Waals surface area contributed by atoms with Gasteiger partial charge in [0, 0.05) is 5.02 Å². The first kappa shape index (κ1) is 20.1. The van der Waals surface area contributed by atoms with E-state index in [-0.39, 0.29) is 11.4 Å². The molecule has 0 aliphatic heterocycles. The van der Waals surface area contributed by atoms with Gasteiger partial charge in [0.2, 0.25) is 0 Å². The molecule has 0 bridgehead atoms. The number of carbonyl (C=O) groups is 2. The smallest absolute Gasteiger partial charge is 0.329 e. The zero-order chi connectivity index (χ0) is 19.8. The van der Waals surface area contributed by atoms with Gasteiger partial charge in [0.25, 0.3) is 0 Å². The molecule has 2 rings (SSSR count). The van der Waals surface area contributed by atoms with E-state index < -0.39 is 11.8 Å². The number of ether oxygens (including phenoxy) is 2. The number of hydrazone groups is 1. The lowest BCUT2D eigenvalue weighted by molar-refractivity contribution is -0.136. The Morgan fingerprint density at radius 1 is 1.19 bits per heavy atom. The number of methoxy groups -OCH3 is 1. The number of carbonyl (C=O) groups excluding carboxylic acids is 2. The van der Waals surface area contributed by atoms with E-state index in [2.05, 4.69) is 15.8 Å². The molecule has 0 atom stereocenters. The van der Waals surface area contributed by atoms with E-state index in [0.29, 0.717) is 28.7 Å². The number of hydrogen-bond acceptors (Lipinski definition) is 6. The molecular formula is C18H18ClN3O5. The lowest BCUT2D eigenvalue weighted by Crippen LogP contribution is -2.32. The van der Waals surface area contributed by atoms with Crippen molar-refractivity contribution in [3.8, 4) is 17.2 Å². The van der Waals surface area contributed by atoms with Crippen LogP contribution in [0.3, 0.4) is 0 Å². The maximum atomic E-state index is 12.0. The molecule has 2 aromatic rings. The van der Waals surface area contributed by atoms with Crippen LogP contribution in [0, 0.1) is 0 Å². The number of aromatic hydroxyl groups is 1. The topological polar surface area (TPSA) is 109 Å². The van der Waals surface area contributed by atoms with Crippen molar-refractivity contribution in [2.45, 2.75) is 6.92 Å². The van der Waals surface area contributed by atoms with E-state index in [1.807, 2.05) is 0 Å². The Hall–Kier alpha value is -3.26. The number of nitrogens with one attached hydrogen (secondary N) is 2. The molecule has 3 N–H and O–H groups in total. The number of halogens is 1. The van der Waals surface area contributed by atoms with Gasteiger partial charge in [-0.2, -0.15) is 5.10 Å².